The summed E-state index contributed by atoms with van der Waals surface area (Å²) in [5.74, 6) is 0.328. The molecule has 2 bridgehead atoms. The highest BCUT2D eigenvalue weighted by Crippen LogP contribution is 2.57. The van der Waals surface area contributed by atoms with Gasteiger partial charge in [0.2, 0.25) is 11.8 Å². The Morgan fingerprint density at radius 2 is 1.60 bits per heavy atom. The molecule has 0 aromatic heterocycles. The van der Waals surface area contributed by atoms with Crippen molar-refractivity contribution in [3.05, 3.63) is 28.2 Å². The van der Waals surface area contributed by atoms with Crippen LogP contribution < -0.4 is 4.90 Å². The van der Waals surface area contributed by atoms with E-state index in [9.17, 15) is 9.59 Å². The predicted octanol–water partition coefficient (Wildman–Crippen LogP) is 3.53. The third-order valence-corrected chi connectivity index (χ3v) is 5.91. The summed E-state index contributed by atoms with van der Waals surface area (Å²) in [7, 11) is 0. The van der Waals surface area contributed by atoms with E-state index in [2.05, 4.69) is 0 Å². The van der Waals surface area contributed by atoms with Crippen LogP contribution in [0.3, 0.4) is 0 Å². The van der Waals surface area contributed by atoms with Crippen molar-refractivity contribution in [3.63, 3.8) is 0 Å². The van der Waals surface area contributed by atoms with Crippen LogP contribution in [0, 0.1) is 23.7 Å². The molecule has 1 aromatic carbocycles. The molecule has 104 valence electrons. The predicted molar refractivity (Wildman–Crippen MR) is 76.8 cm³/mol. The van der Waals surface area contributed by atoms with Gasteiger partial charge in [-0.3, -0.25) is 9.59 Å². The lowest BCUT2D eigenvalue weighted by atomic mass is 9.81. The number of fused-ring (bicyclic) bond motifs is 5. The van der Waals surface area contributed by atoms with Crippen LogP contribution in [0.5, 0.6) is 0 Å². The van der Waals surface area contributed by atoms with Crippen LogP contribution in [-0.2, 0) is 9.59 Å². The van der Waals surface area contributed by atoms with Crippen LogP contribution in [0.4, 0.5) is 5.69 Å². The maximum Gasteiger partial charge on any atom is 0.238 e. The van der Waals surface area contributed by atoms with Crippen molar-refractivity contribution in [2.24, 2.45) is 23.7 Å². The van der Waals surface area contributed by atoms with Crippen molar-refractivity contribution in [1.29, 1.82) is 0 Å². The van der Waals surface area contributed by atoms with E-state index in [-0.39, 0.29) is 28.7 Å². The van der Waals surface area contributed by atoms with Gasteiger partial charge in [0.15, 0.2) is 0 Å². The molecule has 3 fully saturated rings. The zero-order valence-corrected chi connectivity index (χ0v) is 12.2. The fraction of sp³-hybridized carbons (Fsp3) is 0.467. The minimum atomic E-state index is -0.128. The molecule has 20 heavy (non-hydrogen) atoms. The number of imide groups is 1. The molecule has 2 aliphatic carbocycles. The zero-order chi connectivity index (χ0) is 14.0. The summed E-state index contributed by atoms with van der Waals surface area (Å²) in [5.41, 5.74) is 0.433. The molecule has 4 atom stereocenters. The second-order valence-corrected chi connectivity index (χ2v) is 6.75. The SMILES string of the molecule is O=C1[C@H]2[C@@H]3CC[C@H](C3)[C@@H]2C(=O)N1c1cccc(Cl)c1Cl. The van der Waals surface area contributed by atoms with Crippen molar-refractivity contribution in [3.8, 4) is 0 Å². The molecule has 5 heteroatoms. The molecule has 1 aliphatic heterocycles. The van der Waals surface area contributed by atoms with Gasteiger partial charge < -0.3 is 0 Å². The molecule has 2 amide bonds. The number of amides is 2. The molecule has 1 heterocycles. The number of halogens is 2. The quantitative estimate of drug-likeness (QED) is 0.744. The highest BCUT2D eigenvalue weighted by atomic mass is 35.5. The lowest BCUT2D eigenvalue weighted by Gasteiger charge is -2.19. The van der Waals surface area contributed by atoms with Crippen LogP contribution in [0.2, 0.25) is 10.0 Å². The summed E-state index contributed by atoms with van der Waals surface area (Å²) >= 11 is 12.2. The average Bonchev–Trinajstić information content (AvgIpc) is 3.09. The average molecular weight is 310 g/mol. The molecular weight excluding hydrogens is 297 g/mol. The Morgan fingerprint density at radius 3 is 2.20 bits per heavy atom. The molecule has 0 unspecified atom stereocenters. The van der Waals surface area contributed by atoms with Crippen molar-refractivity contribution in [2.75, 3.05) is 4.90 Å². The monoisotopic (exact) mass is 309 g/mol. The smallest absolute Gasteiger partial charge is 0.238 e. The topological polar surface area (TPSA) is 37.4 Å². The molecular formula is C15H13Cl2NO2. The van der Waals surface area contributed by atoms with Crippen molar-refractivity contribution in [1.82, 2.24) is 0 Å². The largest absolute Gasteiger partial charge is 0.274 e. The second kappa shape index (κ2) is 4.22. The van der Waals surface area contributed by atoms with Gasteiger partial charge in [0, 0.05) is 0 Å². The first-order chi connectivity index (χ1) is 9.59. The first-order valence-corrected chi connectivity index (χ1v) is 7.67. The number of hydrogen-bond acceptors (Lipinski definition) is 2. The Hall–Kier alpha value is -1.06. The van der Waals surface area contributed by atoms with Crippen molar-refractivity contribution < 1.29 is 9.59 Å². The van der Waals surface area contributed by atoms with Crippen LogP contribution >= 0.6 is 23.2 Å². The minimum absolute atomic E-state index is 0.0867. The van der Waals surface area contributed by atoms with E-state index in [0.29, 0.717) is 22.5 Å². The minimum Gasteiger partial charge on any atom is -0.274 e. The van der Waals surface area contributed by atoms with Gasteiger partial charge in [-0.1, -0.05) is 29.3 Å². The Labute approximate surface area is 126 Å². The standard InChI is InChI=1S/C15H13Cl2NO2/c16-9-2-1-3-10(13(9)17)18-14(19)11-7-4-5-8(6-7)12(11)15(18)20/h1-3,7-8,11-12H,4-6H2/t7-,8-,11+,12+/m1/s1. The van der Waals surface area contributed by atoms with E-state index in [1.807, 2.05) is 0 Å². The van der Waals surface area contributed by atoms with E-state index in [4.69, 9.17) is 23.2 Å². The van der Waals surface area contributed by atoms with Crippen molar-refractivity contribution in [2.45, 2.75) is 19.3 Å². The molecule has 3 aliphatic rings. The van der Waals surface area contributed by atoms with Gasteiger partial charge in [0.25, 0.3) is 0 Å². The summed E-state index contributed by atoms with van der Waals surface area (Å²) in [4.78, 5) is 26.6. The highest BCUT2D eigenvalue weighted by Gasteiger charge is 2.61. The highest BCUT2D eigenvalue weighted by molar-refractivity contribution is 6.44. The Morgan fingerprint density at radius 1 is 1.00 bits per heavy atom. The fourth-order valence-electron chi connectivity index (χ4n) is 4.31. The number of nitrogens with zero attached hydrogens (tertiary/aromatic N) is 1. The van der Waals surface area contributed by atoms with Crippen LogP contribution in [0.15, 0.2) is 18.2 Å². The van der Waals surface area contributed by atoms with Gasteiger partial charge in [0.05, 0.1) is 27.6 Å². The van der Waals surface area contributed by atoms with E-state index in [1.54, 1.807) is 18.2 Å². The molecule has 2 saturated carbocycles. The zero-order valence-electron chi connectivity index (χ0n) is 10.7. The van der Waals surface area contributed by atoms with Gasteiger partial charge in [-0.15, -0.1) is 0 Å². The molecule has 1 aromatic rings. The summed E-state index contributed by atoms with van der Waals surface area (Å²) in [6.07, 6.45) is 3.17. The fourth-order valence-corrected chi connectivity index (χ4v) is 4.69. The molecule has 0 N–H and O–H groups in total. The maximum absolute atomic E-state index is 12.7. The number of rotatable bonds is 1. The Kier molecular flexibility index (Phi) is 2.67. The van der Waals surface area contributed by atoms with Gasteiger partial charge in [-0.2, -0.15) is 0 Å². The van der Waals surface area contributed by atoms with E-state index >= 15 is 0 Å². The number of carbonyl (C=O) groups excluding carboxylic acids is 2. The Balaban J connectivity index is 1.79. The molecule has 3 nitrogen and oxygen atoms in total. The maximum atomic E-state index is 12.7. The Bertz CT molecular complexity index is 602. The first-order valence-electron chi connectivity index (χ1n) is 6.91. The van der Waals surface area contributed by atoms with E-state index < -0.39 is 0 Å². The van der Waals surface area contributed by atoms with Gasteiger partial charge in [0.1, 0.15) is 0 Å². The molecule has 4 rings (SSSR count). The summed E-state index contributed by atoms with van der Waals surface area (Å²) < 4.78 is 0. The molecule has 0 radical (unpaired) electrons. The second-order valence-electron chi connectivity index (χ2n) is 5.97. The number of benzene rings is 1. The van der Waals surface area contributed by atoms with Crippen LogP contribution in [0.1, 0.15) is 19.3 Å². The van der Waals surface area contributed by atoms with Crippen LogP contribution in [-0.4, -0.2) is 11.8 Å². The third-order valence-electron chi connectivity index (χ3n) is 5.10. The first kappa shape index (κ1) is 12.7. The van der Waals surface area contributed by atoms with E-state index in [1.165, 1.54) is 4.90 Å². The molecule has 1 saturated heterocycles. The van der Waals surface area contributed by atoms with Gasteiger partial charge in [-0.05, 0) is 43.2 Å². The number of carbonyl (C=O) groups is 2. The number of hydrogen-bond donors (Lipinski definition) is 0. The van der Waals surface area contributed by atoms with Crippen LogP contribution in [0.25, 0.3) is 0 Å². The molecule has 0 spiro atoms. The summed E-state index contributed by atoms with van der Waals surface area (Å²) in [6, 6.07) is 5.06. The lowest BCUT2D eigenvalue weighted by molar-refractivity contribution is -0.123. The normalized spacial score (nSPS) is 35.0. The van der Waals surface area contributed by atoms with Gasteiger partial charge in [-0.25, -0.2) is 4.90 Å². The summed E-state index contributed by atoms with van der Waals surface area (Å²) in [5, 5.41) is 0.646. The lowest BCUT2D eigenvalue weighted by Crippen LogP contribution is -2.33. The summed E-state index contributed by atoms with van der Waals surface area (Å²) in [6.45, 7) is 0. The van der Waals surface area contributed by atoms with E-state index in [0.717, 1.165) is 19.3 Å². The van der Waals surface area contributed by atoms with Gasteiger partial charge >= 0.3 is 0 Å². The number of anilines is 1. The third kappa shape index (κ3) is 1.48. The van der Waals surface area contributed by atoms with Crippen molar-refractivity contribution >= 4 is 40.7 Å².